The largest absolute Gasteiger partial charge is 0.313 e. The molecule has 0 spiro atoms. The molecule has 0 saturated heterocycles. The van der Waals surface area contributed by atoms with E-state index >= 15 is 0 Å². The molecule has 0 bridgehead atoms. The maximum atomic E-state index is 5.28. The van der Waals surface area contributed by atoms with Gasteiger partial charge in [-0.25, -0.2) is 0 Å². The summed E-state index contributed by atoms with van der Waals surface area (Å²) in [5.41, 5.74) is 0. The van der Waals surface area contributed by atoms with Gasteiger partial charge in [0, 0.05) is 18.2 Å². The molecule has 0 aliphatic carbocycles. The van der Waals surface area contributed by atoms with Crippen molar-refractivity contribution in [1.29, 1.82) is 0 Å². The lowest BCUT2D eigenvalue weighted by Crippen LogP contribution is -2.32. The van der Waals surface area contributed by atoms with E-state index in [1.165, 1.54) is 12.2 Å². The van der Waals surface area contributed by atoms with Crippen molar-refractivity contribution in [2.24, 2.45) is 0 Å². The van der Waals surface area contributed by atoms with Crippen molar-refractivity contribution in [3.05, 3.63) is 0 Å². The van der Waals surface area contributed by atoms with Crippen molar-refractivity contribution < 1.29 is 0 Å². The molecule has 0 saturated carbocycles. The fourth-order valence-corrected chi connectivity index (χ4v) is 2.06. The van der Waals surface area contributed by atoms with E-state index in [9.17, 15) is 0 Å². The van der Waals surface area contributed by atoms with Crippen molar-refractivity contribution in [2.75, 3.05) is 12.3 Å². The lowest BCUT2D eigenvalue weighted by molar-refractivity contribution is 0.526. The van der Waals surface area contributed by atoms with Gasteiger partial charge in [-0.15, -0.1) is 12.3 Å². The van der Waals surface area contributed by atoms with Gasteiger partial charge in [-0.3, -0.25) is 0 Å². The van der Waals surface area contributed by atoms with E-state index in [1.54, 1.807) is 0 Å². The molecule has 0 aromatic rings. The molecule has 0 amide bonds. The van der Waals surface area contributed by atoms with Gasteiger partial charge in [0.1, 0.15) is 0 Å². The zero-order valence-electron chi connectivity index (χ0n) is 9.68. The van der Waals surface area contributed by atoms with Crippen LogP contribution in [-0.2, 0) is 0 Å². The topological polar surface area (TPSA) is 12.0 Å². The van der Waals surface area contributed by atoms with Crippen molar-refractivity contribution in [1.82, 2.24) is 5.32 Å². The number of rotatable bonds is 8. The minimum Gasteiger partial charge on any atom is -0.313 e. The molecule has 0 radical (unpaired) electrons. The summed E-state index contributed by atoms with van der Waals surface area (Å²) in [7, 11) is 0. The number of hydrogen-bond acceptors (Lipinski definition) is 2. The minimum absolute atomic E-state index is 0.596. The Balaban J connectivity index is 3.67. The number of hydrogen-bond donors (Lipinski definition) is 1. The molecule has 0 aromatic carbocycles. The van der Waals surface area contributed by atoms with E-state index in [0.29, 0.717) is 11.3 Å². The Morgan fingerprint density at radius 1 is 1.43 bits per heavy atom. The summed E-state index contributed by atoms with van der Waals surface area (Å²) < 4.78 is 0. The molecule has 0 aromatic heterocycles. The SMILES string of the molecule is C#CCCC(CSC(C)C)NCCC. The van der Waals surface area contributed by atoms with E-state index < -0.39 is 0 Å². The Kier molecular flexibility index (Phi) is 9.34. The van der Waals surface area contributed by atoms with Crippen LogP contribution in [0.15, 0.2) is 0 Å². The van der Waals surface area contributed by atoms with E-state index in [-0.39, 0.29) is 0 Å². The van der Waals surface area contributed by atoms with Gasteiger partial charge in [-0.1, -0.05) is 20.8 Å². The molecule has 0 aliphatic heterocycles. The van der Waals surface area contributed by atoms with E-state index in [4.69, 9.17) is 6.42 Å². The summed E-state index contributed by atoms with van der Waals surface area (Å²) in [5.74, 6) is 3.89. The number of terminal acetylenes is 1. The molecule has 1 atom stereocenters. The van der Waals surface area contributed by atoms with Gasteiger partial charge in [-0.2, -0.15) is 11.8 Å². The number of thioether (sulfide) groups is 1. The van der Waals surface area contributed by atoms with Gasteiger partial charge < -0.3 is 5.32 Å². The molecule has 1 nitrogen and oxygen atoms in total. The highest BCUT2D eigenvalue weighted by molar-refractivity contribution is 7.99. The molecular weight excluding hydrogens is 190 g/mol. The van der Waals surface area contributed by atoms with Crippen LogP contribution in [0.25, 0.3) is 0 Å². The Labute approximate surface area is 93.4 Å². The fraction of sp³-hybridized carbons (Fsp3) is 0.833. The van der Waals surface area contributed by atoms with Crippen LogP contribution in [-0.4, -0.2) is 23.6 Å². The predicted octanol–water partition coefficient (Wildman–Crippen LogP) is 2.91. The first-order valence-corrected chi connectivity index (χ1v) is 6.54. The average Bonchev–Trinajstić information content (AvgIpc) is 2.16. The standard InChI is InChI=1S/C12H23NS/c1-5-7-8-12(13-9-6-2)10-14-11(3)4/h1,11-13H,6-10H2,2-4H3. The van der Waals surface area contributed by atoms with Crippen molar-refractivity contribution >= 4 is 11.8 Å². The summed E-state index contributed by atoms with van der Waals surface area (Å²) in [4.78, 5) is 0. The third-order valence-corrected chi connectivity index (χ3v) is 3.21. The zero-order valence-corrected chi connectivity index (χ0v) is 10.5. The van der Waals surface area contributed by atoms with Gasteiger partial charge in [0.15, 0.2) is 0 Å². The van der Waals surface area contributed by atoms with Crippen LogP contribution in [0.4, 0.5) is 0 Å². The second kappa shape index (κ2) is 9.43. The number of nitrogens with one attached hydrogen (secondary N) is 1. The second-order valence-electron chi connectivity index (χ2n) is 3.78. The summed E-state index contributed by atoms with van der Waals surface area (Å²) in [6.07, 6.45) is 8.47. The normalized spacial score (nSPS) is 12.8. The maximum absolute atomic E-state index is 5.28. The van der Waals surface area contributed by atoms with Crippen molar-refractivity contribution in [3.8, 4) is 12.3 Å². The highest BCUT2D eigenvalue weighted by Crippen LogP contribution is 2.13. The second-order valence-corrected chi connectivity index (χ2v) is 5.39. The van der Waals surface area contributed by atoms with E-state index in [1.807, 2.05) is 11.8 Å². The fourth-order valence-electron chi connectivity index (χ4n) is 1.16. The first kappa shape index (κ1) is 13.9. The minimum atomic E-state index is 0.596. The summed E-state index contributed by atoms with van der Waals surface area (Å²) in [6.45, 7) is 7.78. The quantitative estimate of drug-likeness (QED) is 0.622. The highest BCUT2D eigenvalue weighted by Gasteiger charge is 2.07. The molecule has 0 aliphatic rings. The van der Waals surface area contributed by atoms with Crippen LogP contribution < -0.4 is 5.32 Å². The monoisotopic (exact) mass is 213 g/mol. The smallest absolute Gasteiger partial charge is 0.0167 e. The van der Waals surface area contributed by atoms with Crippen LogP contribution in [0.2, 0.25) is 0 Å². The van der Waals surface area contributed by atoms with Crippen LogP contribution in [0.5, 0.6) is 0 Å². The molecule has 0 fully saturated rings. The predicted molar refractivity (Wildman–Crippen MR) is 67.7 cm³/mol. The molecule has 14 heavy (non-hydrogen) atoms. The first-order valence-electron chi connectivity index (χ1n) is 5.49. The van der Waals surface area contributed by atoms with Gasteiger partial charge >= 0.3 is 0 Å². The van der Waals surface area contributed by atoms with Crippen LogP contribution in [0.3, 0.4) is 0 Å². The highest BCUT2D eigenvalue weighted by atomic mass is 32.2. The van der Waals surface area contributed by atoms with Gasteiger partial charge in [0.25, 0.3) is 0 Å². The van der Waals surface area contributed by atoms with Crippen LogP contribution >= 0.6 is 11.8 Å². The van der Waals surface area contributed by atoms with Gasteiger partial charge in [0.2, 0.25) is 0 Å². The van der Waals surface area contributed by atoms with Crippen LogP contribution in [0, 0.1) is 12.3 Å². The lowest BCUT2D eigenvalue weighted by Gasteiger charge is -2.18. The molecular formula is C12H23NS. The third-order valence-electron chi connectivity index (χ3n) is 1.95. The molecule has 2 heteroatoms. The molecule has 1 N–H and O–H groups in total. The lowest BCUT2D eigenvalue weighted by atomic mass is 10.2. The molecule has 0 rings (SSSR count). The Morgan fingerprint density at radius 3 is 2.64 bits per heavy atom. The Morgan fingerprint density at radius 2 is 2.14 bits per heavy atom. The van der Waals surface area contributed by atoms with Gasteiger partial charge in [-0.05, 0) is 24.6 Å². The molecule has 1 unspecified atom stereocenters. The van der Waals surface area contributed by atoms with E-state index in [0.717, 1.165) is 19.4 Å². The maximum Gasteiger partial charge on any atom is 0.0167 e. The molecule has 0 heterocycles. The van der Waals surface area contributed by atoms with Crippen LogP contribution in [0.1, 0.15) is 40.0 Å². The Hall–Kier alpha value is -0.130. The van der Waals surface area contributed by atoms with Gasteiger partial charge in [0.05, 0.1) is 0 Å². The molecule has 82 valence electrons. The van der Waals surface area contributed by atoms with Crippen molar-refractivity contribution in [3.63, 3.8) is 0 Å². The Bertz CT molecular complexity index is 160. The summed E-state index contributed by atoms with van der Waals surface area (Å²) in [6, 6.07) is 0.596. The summed E-state index contributed by atoms with van der Waals surface area (Å²) in [5, 5.41) is 4.26. The first-order chi connectivity index (χ1) is 6.70. The average molecular weight is 213 g/mol. The summed E-state index contributed by atoms with van der Waals surface area (Å²) >= 11 is 2.01. The van der Waals surface area contributed by atoms with E-state index in [2.05, 4.69) is 32.0 Å². The van der Waals surface area contributed by atoms with Crippen molar-refractivity contribution in [2.45, 2.75) is 51.3 Å². The third kappa shape index (κ3) is 8.47. The zero-order chi connectivity index (χ0) is 10.8.